The van der Waals surface area contributed by atoms with Gasteiger partial charge in [-0.3, -0.25) is 4.79 Å². The van der Waals surface area contributed by atoms with Crippen LogP contribution in [0, 0.1) is 0 Å². The summed E-state index contributed by atoms with van der Waals surface area (Å²) in [7, 11) is 0. The fourth-order valence-corrected chi connectivity index (χ4v) is 1.77. The summed E-state index contributed by atoms with van der Waals surface area (Å²) in [5, 5.41) is 17.1. The van der Waals surface area contributed by atoms with Crippen molar-refractivity contribution in [2.24, 2.45) is 0 Å². The molecule has 3 heteroatoms. The Hall–Kier alpha value is -1.87. The van der Waals surface area contributed by atoms with E-state index < -0.39 is 5.97 Å². The Bertz CT molecular complexity index is 415. The number of aliphatic hydroxyl groups is 1. The van der Waals surface area contributed by atoms with Gasteiger partial charge >= 0.3 is 5.97 Å². The van der Waals surface area contributed by atoms with Gasteiger partial charge in [-0.2, -0.15) is 0 Å². The molecule has 0 amide bonds. The van der Waals surface area contributed by atoms with E-state index in [1.54, 1.807) is 0 Å². The lowest BCUT2D eigenvalue weighted by molar-refractivity contribution is -0.137. The highest BCUT2D eigenvalue weighted by Crippen LogP contribution is 1.99. The van der Waals surface area contributed by atoms with Crippen LogP contribution in [0.2, 0.25) is 0 Å². The average Bonchev–Trinajstić information content (AvgIpc) is 2.53. The third kappa shape index (κ3) is 20.1. The van der Waals surface area contributed by atoms with E-state index in [0.717, 1.165) is 38.5 Å². The minimum Gasteiger partial charge on any atom is -0.481 e. The van der Waals surface area contributed by atoms with Crippen molar-refractivity contribution in [3.8, 4) is 0 Å². The number of allylic oxidation sites excluding steroid dienone is 9. The molecule has 0 heterocycles. The number of carboxylic acid groups (broad SMARTS) is 1. The second-order valence-corrected chi connectivity index (χ2v) is 5.10. The number of hydrogen-bond donors (Lipinski definition) is 2. The average molecular weight is 318 g/mol. The summed E-state index contributed by atoms with van der Waals surface area (Å²) in [4.78, 5) is 10.3. The number of carbonyl (C=O) groups is 1. The first-order chi connectivity index (χ1) is 11.3. The Morgan fingerprint density at radius 3 is 1.43 bits per heavy atom. The van der Waals surface area contributed by atoms with Crippen LogP contribution in [0.15, 0.2) is 60.8 Å². The van der Waals surface area contributed by atoms with Crippen molar-refractivity contribution in [1.29, 1.82) is 0 Å². The third-order valence-electron chi connectivity index (χ3n) is 2.98. The highest BCUT2D eigenvalue weighted by Gasteiger charge is 1.92. The van der Waals surface area contributed by atoms with Gasteiger partial charge in [0.15, 0.2) is 0 Å². The number of aliphatic carboxylic acids is 1. The van der Waals surface area contributed by atoms with Gasteiger partial charge in [-0.05, 0) is 44.9 Å². The van der Waals surface area contributed by atoms with Crippen molar-refractivity contribution in [2.75, 3.05) is 6.61 Å². The molecule has 0 aromatic rings. The molecule has 0 fully saturated rings. The molecule has 0 unspecified atom stereocenters. The monoisotopic (exact) mass is 318 g/mol. The lowest BCUT2D eigenvalue weighted by Crippen LogP contribution is -1.92. The van der Waals surface area contributed by atoms with Crippen LogP contribution in [0.25, 0.3) is 0 Å². The van der Waals surface area contributed by atoms with Crippen molar-refractivity contribution in [2.45, 2.75) is 51.4 Å². The maximum Gasteiger partial charge on any atom is 0.303 e. The van der Waals surface area contributed by atoms with Crippen LogP contribution in [-0.2, 0) is 4.79 Å². The number of unbranched alkanes of at least 4 members (excludes halogenated alkanes) is 1. The summed E-state index contributed by atoms with van der Waals surface area (Å²) >= 11 is 0. The molecule has 0 rings (SSSR count). The fraction of sp³-hybridized carbons (Fsp3) is 0.450. The van der Waals surface area contributed by atoms with Crippen LogP contribution in [0.4, 0.5) is 0 Å². The highest BCUT2D eigenvalue weighted by molar-refractivity contribution is 5.66. The van der Waals surface area contributed by atoms with Gasteiger partial charge in [-0.25, -0.2) is 0 Å². The van der Waals surface area contributed by atoms with Crippen LogP contribution in [0.3, 0.4) is 0 Å². The van der Waals surface area contributed by atoms with Gasteiger partial charge in [-0.1, -0.05) is 60.8 Å². The van der Waals surface area contributed by atoms with Crippen LogP contribution in [0.1, 0.15) is 51.4 Å². The molecule has 23 heavy (non-hydrogen) atoms. The molecule has 3 nitrogen and oxygen atoms in total. The standard InChI is InChI=1S/C20H30O3/c21-19-17-15-13-11-9-7-5-3-1-2-4-6-8-10-12-14-16-18-20(22)23/h1,3-4,6-7,9-10,12-13,15,21H,2,5,8,11,14,16-19H2,(H,22,23)/b3-1-,6-4-,9-7-,12-10-,15-13-. The second-order valence-electron chi connectivity index (χ2n) is 5.10. The Morgan fingerprint density at radius 2 is 1.04 bits per heavy atom. The normalized spacial score (nSPS) is 12.7. The van der Waals surface area contributed by atoms with Crippen molar-refractivity contribution >= 4 is 5.97 Å². The molecule has 0 bridgehead atoms. The smallest absolute Gasteiger partial charge is 0.303 e. The molecule has 0 aliphatic carbocycles. The summed E-state index contributed by atoms with van der Waals surface area (Å²) in [5.74, 6) is -0.724. The Labute approximate surface area is 140 Å². The first-order valence-electron chi connectivity index (χ1n) is 8.35. The number of hydrogen-bond acceptors (Lipinski definition) is 2. The van der Waals surface area contributed by atoms with Gasteiger partial charge in [0.1, 0.15) is 0 Å². The van der Waals surface area contributed by atoms with E-state index in [9.17, 15) is 4.79 Å². The molecule has 0 saturated carbocycles. The molecule has 0 saturated heterocycles. The Balaban J connectivity index is 3.46. The van der Waals surface area contributed by atoms with Crippen molar-refractivity contribution in [3.05, 3.63) is 60.8 Å². The molecule has 0 radical (unpaired) electrons. The van der Waals surface area contributed by atoms with Gasteiger partial charge in [-0.15, -0.1) is 0 Å². The van der Waals surface area contributed by atoms with E-state index in [1.807, 2.05) is 12.2 Å². The predicted octanol–water partition coefficient (Wildman–Crippen LogP) is 4.97. The number of aliphatic hydroxyl groups excluding tert-OH is 1. The molecule has 0 aliphatic rings. The zero-order valence-corrected chi connectivity index (χ0v) is 13.9. The number of rotatable bonds is 14. The minimum absolute atomic E-state index is 0.219. The quantitative estimate of drug-likeness (QED) is 0.351. The SMILES string of the molecule is O=C(O)CCC/C=C\C/C=C\C/C=C\C/C=C\C/C=C\CCO. The summed E-state index contributed by atoms with van der Waals surface area (Å²) in [6.45, 7) is 0.219. The molecule has 0 aromatic heterocycles. The first-order valence-corrected chi connectivity index (χ1v) is 8.35. The predicted molar refractivity (Wildman–Crippen MR) is 97.4 cm³/mol. The lowest BCUT2D eigenvalue weighted by Gasteiger charge is -1.89. The molecule has 0 spiro atoms. The van der Waals surface area contributed by atoms with Crippen LogP contribution >= 0.6 is 0 Å². The first kappa shape index (κ1) is 21.1. The van der Waals surface area contributed by atoms with E-state index in [-0.39, 0.29) is 13.0 Å². The van der Waals surface area contributed by atoms with Crippen LogP contribution in [0.5, 0.6) is 0 Å². The van der Waals surface area contributed by atoms with Gasteiger partial charge in [0.25, 0.3) is 0 Å². The fourth-order valence-electron chi connectivity index (χ4n) is 1.77. The van der Waals surface area contributed by atoms with E-state index in [4.69, 9.17) is 10.2 Å². The number of carboxylic acids is 1. The van der Waals surface area contributed by atoms with Gasteiger partial charge in [0.05, 0.1) is 0 Å². The van der Waals surface area contributed by atoms with Crippen molar-refractivity contribution in [1.82, 2.24) is 0 Å². The molecule has 2 N–H and O–H groups in total. The second kappa shape index (κ2) is 18.2. The molecule has 128 valence electrons. The van der Waals surface area contributed by atoms with Crippen molar-refractivity contribution < 1.29 is 15.0 Å². The summed E-state index contributed by atoms with van der Waals surface area (Å²) in [6, 6.07) is 0. The largest absolute Gasteiger partial charge is 0.481 e. The zero-order valence-electron chi connectivity index (χ0n) is 13.9. The maximum atomic E-state index is 10.3. The summed E-state index contributed by atoms with van der Waals surface area (Å²) < 4.78 is 0. The van der Waals surface area contributed by atoms with Crippen LogP contribution in [-0.4, -0.2) is 22.8 Å². The topological polar surface area (TPSA) is 57.5 Å². The van der Waals surface area contributed by atoms with E-state index in [1.165, 1.54) is 0 Å². The van der Waals surface area contributed by atoms with Crippen LogP contribution < -0.4 is 0 Å². The zero-order chi connectivity index (χ0) is 17.0. The minimum atomic E-state index is -0.724. The molecular weight excluding hydrogens is 288 g/mol. The Morgan fingerprint density at radius 1 is 0.652 bits per heavy atom. The maximum absolute atomic E-state index is 10.3. The van der Waals surface area contributed by atoms with Crippen molar-refractivity contribution in [3.63, 3.8) is 0 Å². The van der Waals surface area contributed by atoms with Gasteiger partial charge < -0.3 is 10.2 Å². The molecule has 0 aromatic carbocycles. The Kier molecular flexibility index (Phi) is 16.7. The summed E-state index contributed by atoms with van der Waals surface area (Å²) in [6.07, 6.45) is 27.3. The third-order valence-corrected chi connectivity index (χ3v) is 2.98. The highest BCUT2D eigenvalue weighted by atomic mass is 16.4. The van der Waals surface area contributed by atoms with E-state index in [0.29, 0.717) is 6.42 Å². The summed E-state index contributed by atoms with van der Waals surface area (Å²) in [5.41, 5.74) is 0. The van der Waals surface area contributed by atoms with Gasteiger partial charge in [0, 0.05) is 13.0 Å². The molecular formula is C20H30O3. The van der Waals surface area contributed by atoms with E-state index >= 15 is 0 Å². The van der Waals surface area contributed by atoms with Gasteiger partial charge in [0.2, 0.25) is 0 Å². The molecule has 0 aliphatic heterocycles. The van der Waals surface area contributed by atoms with E-state index in [2.05, 4.69) is 48.6 Å². The molecule has 0 atom stereocenters. The lowest BCUT2D eigenvalue weighted by atomic mass is 10.2.